The summed E-state index contributed by atoms with van der Waals surface area (Å²) in [6.07, 6.45) is 6.33. The molecule has 4 saturated carbocycles. The minimum absolute atomic E-state index is 0.0287. The minimum atomic E-state index is -0.749. The number of hydrogen-bond donors (Lipinski definition) is 5. The Bertz CT molecular complexity index is 766. The molecule has 35 heavy (non-hydrogen) atoms. The molecule has 0 saturated heterocycles. The molecule has 7 heteroatoms. The maximum absolute atomic E-state index is 11.7. The molecular formula is C28H50N2O5. The number of hydrogen-bond acceptors (Lipinski definition) is 7. The van der Waals surface area contributed by atoms with Crippen molar-refractivity contribution in [3.8, 4) is 0 Å². The lowest BCUT2D eigenvalue weighted by Gasteiger charge is -2.64. The van der Waals surface area contributed by atoms with Crippen molar-refractivity contribution < 1.29 is 24.9 Å². The quantitative estimate of drug-likeness (QED) is 0.259. The molecule has 7 nitrogen and oxygen atoms in total. The lowest BCUT2D eigenvalue weighted by Crippen LogP contribution is -2.63. The lowest BCUT2D eigenvalue weighted by atomic mass is 9.42. The van der Waals surface area contributed by atoms with Gasteiger partial charge >= 0.3 is 5.97 Å². The SMILES string of the molecule is COC(=O)CC[C@@H](C)C1CCC2C3C(C[C@H](O)C21C)C1(C)CC[C@@](O)(CNCCN)CC1C[C@H]3O. The highest BCUT2D eigenvalue weighted by Crippen LogP contribution is 2.68. The summed E-state index contributed by atoms with van der Waals surface area (Å²) in [6.45, 7) is 8.65. The molecule has 0 aliphatic heterocycles. The van der Waals surface area contributed by atoms with E-state index in [1.807, 2.05) is 0 Å². The average molecular weight is 495 g/mol. The largest absolute Gasteiger partial charge is 0.469 e. The van der Waals surface area contributed by atoms with Gasteiger partial charge in [-0.25, -0.2) is 0 Å². The van der Waals surface area contributed by atoms with Crippen LogP contribution in [-0.2, 0) is 9.53 Å². The fraction of sp³-hybridized carbons (Fsp3) is 0.964. The summed E-state index contributed by atoms with van der Waals surface area (Å²) in [5.41, 5.74) is 4.66. The third-order valence-electron chi connectivity index (χ3n) is 11.5. The van der Waals surface area contributed by atoms with Gasteiger partial charge in [0, 0.05) is 26.1 Å². The van der Waals surface area contributed by atoms with Crippen molar-refractivity contribution in [1.29, 1.82) is 0 Å². The lowest BCUT2D eigenvalue weighted by molar-refractivity contribution is -0.215. The molecule has 11 atom stereocenters. The van der Waals surface area contributed by atoms with Crippen LogP contribution in [0.1, 0.15) is 78.6 Å². The van der Waals surface area contributed by atoms with Crippen LogP contribution in [0.2, 0.25) is 0 Å². The molecule has 0 bridgehead atoms. The molecule has 7 unspecified atom stereocenters. The number of aliphatic hydroxyl groups is 3. The van der Waals surface area contributed by atoms with E-state index in [2.05, 4.69) is 26.1 Å². The Balaban J connectivity index is 1.52. The smallest absolute Gasteiger partial charge is 0.305 e. The molecule has 0 amide bonds. The first-order chi connectivity index (χ1) is 16.5. The van der Waals surface area contributed by atoms with E-state index in [0.717, 1.165) is 44.9 Å². The molecule has 202 valence electrons. The molecule has 4 aliphatic rings. The first-order valence-electron chi connectivity index (χ1n) is 14.1. The Kier molecular flexibility index (Phi) is 7.96. The van der Waals surface area contributed by atoms with Crippen LogP contribution in [0.5, 0.6) is 0 Å². The summed E-state index contributed by atoms with van der Waals surface area (Å²) < 4.78 is 4.86. The average Bonchev–Trinajstić information content (AvgIpc) is 3.18. The van der Waals surface area contributed by atoms with Crippen molar-refractivity contribution in [2.45, 2.75) is 96.4 Å². The van der Waals surface area contributed by atoms with Crippen LogP contribution in [0.3, 0.4) is 0 Å². The van der Waals surface area contributed by atoms with E-state index in [4.69, 9.17) is 10.5 Å². The molecule has 6 N–H and O–H groups in total. The number of nitrogens with two attached hydrogens (primary N) is 1. The number of carbonyl (C=O) groups is 1. The van der Waals surface area contributed by atoms with E-state index in [9.17, 15) is 20.1 Å². The predicted octanol–water partition coefficient (Wildman–Crippen LogP) is 2.46. The van der Waals surface area contributed by atoms with Gasteiger partial charge in [-0.15, -0.1) is 0 Å². The Labute approximate surface area is 211 Å². The number of rotatable bonds is 8. The van der Waals surface area contributed by atoms with Gasteiger partial charge in [-0.05, 0) is 97.7 Å². The minimum Gasteiger partial charge on any atom is -0.469 e. The zero-order chi connectivity index (χ0) is 25.6. The van der Waals surface area contributed by atoms with Gasteiger partial charge in [0.25, 0.3) is 0 Å². The van der Waals surface area contributed by atoms with E-state index >= 15 is 0 Å². The monoisotopic (exact) mass is 494 g/mol. The molecular weight excluding hydrogens is 444 g/mol. The highest BCUT2D eigenvalue weighted by molar-refractivity contribution is 5.69. The number of nitrogens with one attached hydrogen (secondary N) is 1. The van der Waals surface area contributed by atoms with Gasteiger partial charge in [0.15, 0.2) is 0 Å². The Morgan fingerprint density at radius 2 is 1.91 bits per heavy atom. The summed E-state index contributed by atoms with van der Waals surface area (Å²) in [4.78, 5) is 11.7. The summed E-state index contributed by atoms with van der Waals surface area (Å²) >= 11 is 0. The standard InChI is InChI=1S/C28H50N2O5/c1-17(5-8-24(33)35-4)19-6-7-20-25-21(14-23(32)27(19,20)3)26(2)9-10-28(34,16-30-12-11-29)15-18(26)13-22(25)31/h17-23,25,30-32,34H,5-16,29H2,1-4H3/t17-,18?,19?,20?,21?,22-,23+,25?,26?,27?,28+/m1/s1. The number of esters is 1. The van der Waals surface area contributed by atoms with Gasteiger partial charge in [0.05, 0.1) is 24.9 Å². The van der Waals surface area contributed by atoms with Crippen LogP contribution in [0, 0.1) is 46.3 Å². The van der Waals surface area contributed by atoms with Gasteiger partial charge in [0.2, 0.25) is 0 Å². The molecule has 0 aromatic heterocycles. The number of fused-ring (bicyclic) bond motifs is 5. The molecule has 0 spiro atoms. The van der Waals surface area contributed by atoms with Gasteiger partial charge < -0.3 is 31.1 Å². The zero-order valence-corrected chi connectivity index (χ0v) is 22.3. The fourth-order valence-electron chi connectivity index (χ4n) is 9.45. The molecule has 0 aromatic rings. The van der Waals surface area contributed by atoms with E-state index in [1.54, 1.807) is 0 Å². The molecule has 4 aliphatic carbocycles. The second-order valence-electron chi connectivity index (χ2n) is 13.1. The van der Waals surface area contributed by atoms with E-state index in [0.29, 0.717) is 50.2 Å². The van der Waals surface area contributed by atoms with E-state index < -0.39 is 17.8 Å². The van der Waals surface area contributed by atoms with E-state index in [1.165, 1.54) is 7.11 Å². The summed E-state index contributed by atoms with van der Waals surface area (Å²) in [5, 5.41) is 37.9. The summed E-state index contributed by atoms with van der Waals surface area (Å²) in [5.74, 6) is 1.52. The molecule has 0 aromatic carbocycles. The van der Waals surface area contributed by atoms with Crippen molar-refractivity contribution in [2.24, 2.45) is 52.1 Å². The molecule has 0 heterocycles. The third-order valence-corrected chi connectivity index (χ3v) is 11.5. The van der Waals surface area contributed by atoms with Crippen LogP contribution in [0.25, 0.3) is 0 Å². The maximum Gasteiger partial charge on any atom is 0.305 e. The molecule has 0 radical (unpaired) electrons. The first-order valence-corrected chi connectivity index (χ1v) is 14.1. The van der Waals surface area contributed by atoms with E-state index in [-0.39, 0.29) is 34.6 Å². The highest BCUT2D eigenvalue weighted by atomic mass is 16.5. The normalized spacial score (nSPS) is 47.9. The molecule has 4 fully saturated rings. The van der Waals surface area contributed by atoms with Crippen LogP contribution in [0.4, 0.5) is 0 Å². The van der Waals surface area contributed by atoms with Crippen LogP contribution < -0.4 is 11.1 Å². The maximum atomic E-state index is 11.7. The number of methoxy groups -OCH3 is 1. The van der Waals surface area contributed by atoms with Gasteiger partial charge in [0.1, 0.15) is 0 Å². The van der Waals surface area contributed by atoms with Crippen molar-refractivity contribution in [3.63, 3.8) is 0 Å². The topological polar surface area (TPSA) is 125 Å². The number of ether oxygens (including phenoxy) is 1. The van der Waals surface area contributed by atoms with Gasteiger partial charge in [-0.3, -0.25) is 4.79 Å². The zero-order valence-electron chi connectivity index (χ0n) is 22.3. The van der Waals surface area contributed by atoms with Gasteiger partial charge in [-0.1, -0.05) is 20.8 Å². The highest BCUT2D eigenvalue weighted by Gasteiger charge is 2.66. The van der Waals surface area contributed by atoms with Crippen molar-refractivity contribution in [2.75, 3.05) is 26.7 Å². The third kappa shape index (κ3) is 4.69. The fourth-order valence-corrected chi connectivity index (χ4v) is 9.45. The van der Waals surface area contributed by atoms with Crippen molar-refractivity contribution >= 4 is 5.97 Å². The summed E-state index contributed by atoms with van der Waals surface area (Å²) in [6, 6.07) is 0. The predicted molar refractivity (Wildman–Crippen MR) is 135 cm³/mol. The van der Waals surface area contributed by atoms with Crippen molar-refractivity contribution in [3.05, 3.63) is 0 Å². The van der Waals surface area contributed by atoms with Gasteiger partial charge in [-0.2, -0.15) is 0 Å². The van der Waals surface area contributed by atoms with Crippen LogP contribution >= 0.6 is 0 Å². The second kappa shape index (κ2) is 10.2. The van der Waals surface area contributed by atoms with Crippen molar-refractivity contribution in [1.82, 2.24) is 5.32 Å². The van der Waals surface area contributed by atoms with Crippen LogP contribution in [0.15, 0.2) is 0 Å². The Morgan fingerprint density at radius 3 is 2.60 bits per heavy atom. The number of aliphatic hydroxyl groups excluding tert-OH is 2. The Morgan fingerprint density at radius 1 is 1.17 bits per heavy atom. The number of carbonyl (C=O) groups excluding carboxylic acids is 1. The van der Waals surface area contributed by atoms with Crippen LogP contribution in [-0.4, -0.2) is 65.8 Å². The summed E-state index contributed by atoms with van der Waals surface area (Å²) in [7, 11) is 1.44. The first kappa shape index (κ1) is 27.3. The molecule has 4 rings (SSSR count). The second-order valence-corrected chi connectivity index (χ2v) is 13.1. The Hall–Kier alpha value is -0.730.